The van der Waals surface area contributed by atoms with Gasteiger partial charge < -0.3 is 19.0 Å². The topological polar surface area (TPSA) is 84.4 Å². The first kappa shape index (κ1) is 11.0. The second-order valence-corrected chi connectivity index (χ2v) is 4.05. The van der Waals surface area contributed by atoms with Crippen LogP contribution in [-0.2, 0) is 19.7 Å². The van der Waals surface area contributed by atoms with Gasteiger partial charge in [0.1, 0.15) is 6.61 Å². The van der Waals surface area contributed by atoms with Gasteiger partial charge in [0.05, 0.1) is 12.8 Å². The molecule has 0 spiro atoms. The number of nitrogens with zero attached hydrogens (tertiary/aromatic N) is 4. The van der Waals surface area contributed by atoms with E-state index in [1.165, 1.54) is 6.26 Å². The molecule has 1 N–H and O–H groups in total. The van der Waals surface area contributed by atoms with Crippen molar-refractivity contribution in [3.05, 3.63) is 35.8 Å². The molecule has 0 unspecified atom stereocenters. The minimum absolute atomic E-state index is 0.140. The summed E-state index contributed by atoms with van der Waals surface area (Å²) in [6, 6.07) is 3.32. The number of fused-ring (bicyclic) bond motifs is 1. The molecule has 0 aliphatic carbocycles. The van der Waals surface area contributed by atoms with Crippen molar-refractivity contribution in [3.8, 4) is 0 Å². The number of carbonyl (C=O) groups excluding carboxylic acids is 1. The molecule has 7 nitrogen and oxygen atoms in total. The summed E-state index contributed by atoms with van der Waals surface area (Å²) < 4.78 is 6.93. The van der Waals surface area contributed by atoms with Crippen molar-refractivity contribution in [1.29, 1.82) is 0 Å². The van der Waals surface area contributed by atoms with Gasteiger partial charge in [0.2, 0.25) is 0 Å². The molecular weight excluding hydrogens is 236 g/mol. The molecule has 0 fully saturated rings. The van der Waals surface area contributed by atoms with E-state index in [2.05, 4.69) is 10.2 Å². The lowest BCUT2D eigenvalue weighted by molar-refractivity contribution is 0.0672. The molecule has 2 aromatic rings. The number of aromatic nitrogens is 3. The molecule has 0 radical (unpaired) electrons. The Morgan fingerprint density at radius 3 is 3.06 bits per heavy atom. The Morgan fingerprint density at radius 1 is 1.44 bits per heavy atom. The average Bonchev–Trinajstić information content (AvgIpc) is 3.06. The summed E-state index contributed by atoms with van der Waals surface area (Å²) in [4.78, 5) is 13.7. The van der Waals surface area contributed by atoms with E-state index in [1.54, 1.807) is 17.0 Å². The van der Waals surface area contributed by atoms with Crippen LogP contribution in [0, 0.1) is 0 Å². The molecule has 3 rings (SSSR count). The van der Waals surface area contributed by atoms with Crippen LogP contribution in [-0.4, -0.2) is 37.2 Å². The molecule has 0 atom stereocenters. The monoisotopic (exact) mass is 248 g/mol. The van der Waals surface area contributed by atoms with Gasteiger partial charge in [-0.15, -0.1) is 10.2 Å². The zero-order valence-electron chi connectivity index (χ0n) is 9.61. The molecule has 7 heteroatoms. The standard InChI is InChI=1S/C11H12N4O3/c16-7-10-13-12-9-6-14(3-4-15(9)10)11(17)8-2-1-5-18-8/h1-2,5,16H,3-4,6-7H2. The summed E-state index contributed by atoms with van der Waals surface area (Å²) >= 11 is 0. The SMILES string of the molecule is O=C(c1ccco1)N1CCn2c(CO)nnc2C1. The maximum atomic E-state index is 12.1. The lowest BCUT2D eigenvalue weighted by Gasteiger charge is -2.26. The van der Waals surface area contributed by atoms with Crippen LogP contribution in [0.1, 0.15) is 22.2 Å². The number of hydrogen-bond donors (Lipinski definition) is 1. The van der Waals surface area contributed by atoms with E-state index in [-0.39, 0.29) is 12.5 Å². The van der Waals surface area contributed by atoms with Crippen LogP contribution in [0.2, 0.25) is 0 Å². The Hall–Kier alpha value is -2.15. The molecule has 0 aromatic carbocycles. The first-order chi connectivity index (χ1) is 8.79. The fourth-order valence-electron chi connectivity index (χ4n) is 2.06. The Balaban J connectivity index is 1.81. The normalized spacial score (nSPS) is 14.6. The van der Waals surface area contributed by atoms with Crippen LogP contribution in [0.5, 0.6) is 0 Å². The van der Waals surface area contributed by atoms with Gasteiger partial charge in [-0.25, -0.2) is 0 Å². The quantitative estimate of drug-likeness (QED) is 0.809. The van der Waals surface area contributed by atoms with Crippen LogP contribution in [0.3, 0.4) is 0 Å². The lowest BCUT2D eigenvalue weighted by Crippen LogP contribution is -2.38. The number of aliphatic hydroxyl groups excluding tert-OH is 1. The maximum Gasteiger partial charge on any atom is 0.290 e. The average molecular weight is 248 g/mol. The fraction of sp³-hybridized carbons (Fsp3) is 0.364. The van der Waals surface area contributed by atoms with Crippen molar-refractivity contribution in [2.45, 2.75) is 19.7 Å². The highest BCUT2D eigenvalue weighted by molar-refractivity contribution is 5.91. The molecule has 0 saturated carbocycles. The highest BCUT2D eigenvalue weighted by atomic mass is 16.3. The molecule has 1 aliphatic rings. The summed E-state index contributed by atoms with van der Waals surface area (Å²) in [5.41, 5.74) is 0. The Morgan fingerprint density at radius 2 is 2.33 bits per heavy atom. The third kappa shape index (κ3) is 1.68. The number of amides is 1. The lowest BCUT2D eigenvalue weighted by atomic mass is 10.3. The van der Waals surface area contributed by atoms with E-state index in [9.17, 15) is 4.79 Å². The molecule has 94 valence electrons. The number of carbonyl (C=O) groups is 1. The Bertz CT molecular complexity index is 561. The van der Waals surface area contributed by atoms with Gasteiger partial charge in [-0.2, -0.15) is 0 Å². The predicted octanol–water partition coefficient (Wildman–Crippen LogP) is 0.0194. The largest absolute Gasteiger partial charge is 0.459 e. The summed E-state index contributed by atoms with van der Waals surface area (Å²) in [7, 11) is 0. The Labute approximate surface area is 103 Å². The van der Waals surface area contributed by atoms with Gasteiger partial charge in [0, 0.05) is 13.1 Å². The van der Waals surface area contributed by atoms with Crippen molar-refractivity contribution < 1.29 is 14.3 Å². The smallest absolute Gasteiger partial charge is 0.290 e. The zero-order valence-corrected chi connectivity index (χ0v) is 9.61. The van der Waals surface area contributed by atoms with E-state index in [4.69, 9.17) is 9.52 Å². The van der Waals surface area contributed by atoms with E-state index in [1.807, 2.05) is 4.57 Å². The number of furan rings is 1. The highest BCUT2D eigenvalue weighted by Gasteiger charge is 2.26. The Kier molecular flexibility index (Phi) is 2.60. The van der Waals surface area contributed by atoms with Gasteiger partial charge in [-0.1, -0.05) is 0 Å². The second kappa shape index (κ2) is 4.26. The highest BCUT2D eigenvalue weighted by Crippen LogP contribution is 2.15. The first-order valence-corrected chi connectivity index (χ1v) is 5.64. The molecule has 0 bridgehead atoms. The third-order valence-corrected chi connectivity index (χ3v) is 2.99. The molecule has 18 heavy (non-hydrogen) atoms. The minimum atomic E-state index is -0.153. The first-order valence-electron chi connectivity index (χ1n) is 5.64. The molecule has 1 aliphatic heterocycles. The van der Waals surface area contributed by atoms with Gasteiger partial charge in [-0.05, 0) is 12.1 Å². The van der Waals surface area contributed by atoms with Crippen LogP contribution in [0.25, 0.3) is 0 Å². The van der Waals surface area contributed by atoms with E-state index in [0.717, 1.165) is 0 Å². The fourth-order valence-corrected chi connectivity index (χ4v) is 2.06. The van der Waals surface area contributed by atoms with Crippen molar-refractivity contribution in [3.63, 3.8) is 0 Å². The summed E-state index contributed by atoms with van der Waals surface area (Å²) in [5.74, 6) is 1.39. The van der Waals surface area contributed by atoms with Gasteiger partial charge >= 0.3 is 0 Å². The number of aliphatic hydroxyl groups is 1. The number of rotatable bonds is 2. The van der Waals surface area contributed by atoms with Crippen molar-refractivity contribution in [2.75, 3.05) is 6.54 Å². The summed E-state index contributed by atoms with van der Waals surface area (Å²) in [5, 5.41) is 16.9. The van der Waals surface area contributed by atoms with E-state index in [0.29, 0.717) is 37.0 Å². The molecule has 3 heterocycles. The van der Waals surface area contributed by atoms with Crippen molar-refractivity contribution >= 4 is 5.91 Å². The molecular formula is C11H12N4O3. The van der Waals surface area contributed by atoms with Crippen LogP contribution in [0.15, 0.2) is 22.8 Å². The van der Waals surface area contributed by atoms with Crippen LogP contribution >= 0.6 is 0 Å². The maximum absolute atomic E-state index is 12.1. The van der Waals surface area contributed by atoms with Crippen molar-refractivity contribution in [2.24, 2.45) is 0 Å². The van der Waals surface area contributed by atoms with Crippen molar-refractivity contribution in [1.82, 2.24) is 19.7 Å². The zero-order chi connectivity index (χ0) is 12.5. The van der Waals surface area contributed by atoms with Gasteiger partial charge in [0.15, 0.2) is 17.4 Å². The van der Waals surface area contributed by atoms with Crippen LogP contribution < -0.4 is 0 Å². The second-order valence-electron chi connectivity index (χ2n) is 4.05. The van der Waals surface area contributed by atoms with Crippen LogP contribution in [0.4, 0.5) is 0 Å². The summed E-state index contributed by atoms with van der Waals surface area (Å²) in [6.45, 7) is 1.38. The molecule has 0 saturated heterocycles. The third-order valence-electron chi connectivity index (χ3n) is 2.99. The van der Waals surface area contributed by atoms with E-state index >= 15 is 0 Å². The predicted molar refractivity (Wildman–Crippen MR) is 59.4 cm³/mol. The van der Waals surface area contributed by atoms with E-state index < -0.39 is 0 Å². The molecule has 1 amide bonds. The van der Waals surface area contributed by atoms with Gasteiger partial charge in [-0.3, -0.25) is 4.79 Å². The number of hydrogen-bond acceptors (Lipinski definition) is 5. The summed E-state index contributed by atoms with van der Waals surface area (Å²) in [6.07, 6.45) is 1.48. The minimum Gasteiger partial charge on any atom is -0.459 e. The molecule has 2 aromatic heterocycles. The van der Waals surface area contributed by atoms with Gasteiger partial charge in [0.25, 0.3) is 5.91 Å².